The zero-order valence-electron chi connectivity index (χ0n) is 14.2. The molecule has 0 atom stereocenters. The van der Waals surface area contributed by atoms with E-state index in [0.717, 1.165) is 11.1 Å². The van der Waals surface area contributed by atoms with E-state index in [1.54, 1.807) is 13.2 Å². The first-order valence-corrected chi connectivity index (χ1v) is 8.50. The Morgan fingerprint density at radius 3 is 2.85 bits per heavy atom. The van der Waals surface area contributed by atoms with E-state index in [4.69, 9.17) is 20.8 Å². The van der Waals surface area contributed by atoms with Crippen LogP contribution in [0.2, 0.25) is 5.02 Å². The summed E-state index contributed by atoms with van der Waals surface area (Å²) in [6.45, 7) is 0.386. The Hall–Kier alpha value is -2.86. The molecule has 0 fully saturated rings. The van der Waals surface area contributed by atoms with Crippen LogP contribution in [0.25, 0.3) is 11.5 Å². The number of carbonyl (C=O) groups excluding carboxylic acids is 1. The second-order valence-corrected chi connectivity index (χ2v) is 6.01. The van der Waals surface area contributed by atoms with Crippen LogP contribution in [0.15, 0.2) is 52.9 Å². The normalized spacial score (nSPS) is 10.5. The predicted molar refractivity (Wildman–Crippen MR) is 97.9 cm³/mol. The molecule has 3 rings (SSSR count). The lowest BCUT2D eigenvalue weighted by Gasteiger charge is -2.06. The highest BCUT2D eigenvalue weighted by Crippen LogP contribution is 2.22. The number of hydrogen-bond acceptors (Lipinski definition) is 5. The monoisotopic (exact) mass is 371 g/mol. The van der Waals surface area contributed by atoms with Crippen LogP contribution in [0.3, 0.4) is 0 Å². The highest BCUT2D eigenvalue weighted by molar-refractivity contribution is 6.31. The van der Waals surface area contributed by atoms with E-state index in [1.807, 2.05) is 42.5 Å². The minimum absolute atomic E-state index is 0.106. The average Bonchev–Trinajstić information content (AvgIpc) is 3.15. The van der Waals surface area contributed by atoms with Gasteiger partial charge in [0.1, 0.15) is 5.75 Å². The van der Waals surface area contributed by atoms with Crippen molar-refractivity contribution in [2.24, 2.45) is 0 Å². The number of benzene rings is 2. The number of hydrogen-bond donors (Lipinski definition) is 1. The summed E-state index contributed by atoms with van der Waals surface area (Å²) in [7, 11) is 1.60. The quantitative estimate of drug-likeness (QED) is 0.686. The van der Waals surface area contributed by atoms with Crippen molar-refractivity contribution in [3.63, 3.8) is 0 Å². The molecule has 1 heterocycles. The molecule has 0 bridgehead atoms. The first kappa shape index (κ1) is 17.9. The van der Waals surface area contributed by atoms with Gasteiger partial charge in [-0.1, -0.05) is 35.9 Å². The maximum Gasteiger partial charge on any atom is 0.247 e. The summed E-state index contributed by atoms with van der Waals surface area (Å²) in [4.78, 5) is 12.0. The van der Waals surface area contributed by atoms with Gasteiger partial charge in [-0.3, -0.25) is 4.79 Å². The number of methoxy groups -OCH3 is 1. The highest BCUT2D eigenvalue weighted by Gasteiger charge is 2.11. The fourth-order valence-corrected chi connectivity index (χ4v) is 2.57. The van der Waals surface area contributed by atoms with Crippen LogP contribution in [-0.2, 0) is 17.8 Å². The van der Waals surface area contributed by atoms with Crippen molar-refractivity contribution >= 4 is 17.5 Å². The van der Waals surface area contributed by atoms with E-state index in [0.29, 0.717) is 35.5 Å². The summed E-state index contributed by atoms with van der Waals surface area (Å²) >= 11 is 6.07. The van der Waals surface area contributed by atoms with Gasteiger partial charge in [0, 0.05) is 30.0 Å². The number of ether oxygens (including phenoxy) is 1. The number of carbonyl (C=O) groups is 1. The number of aromatic nitrogens is 2. The molecule has 0 aliphatic carbocycles. The molecule has 26 heavy (non-hydrogen) atoms. The summed E-state index contributed by atoms with van der Waals surface area (Å²) in [6, 6.07) is 14.8. The van der Waals surface area contributed by atoms with Crippen molar-refractivity contribution in [1.29, 1.82) is 0 Å². The van der Waals surface area contributed by atoms with Gasteiger partial charge in [0.15, 0.2) is 0 Å². The van der Waals surface area contributed by atoms with Crippen LogP contribution in [0.5, 0.6) is 5.75 Å². The molecule has 0 aliphatic heterocycles. The summed E-state index contributed by atoms with van der Waals surface area (Å²) in [5.41, 5.74) is 1.65. The molecule has 134 valence electrons. The zero-order chi connectivity index (χ0) is 18.4. The van der Waals surface area contributed by atoms with E-state index < -0.39 is 0 Å². The average molecular weight is 372 g/mol. The van der Waals surface area contributed by atoms with Crippen molar-refractivity contribution in [3.8, 4) is 17.2 Å². The van der Waals surface area contributed by atoms with Gasteiger partial charge in [0.05, 0.1) is 7.11 Å². The van der Waals surface area contributed by atoms with Crippen LogP contribution in [0, 0.1) is 0 Å². The van der Waals surface area contributed by atoms with Crippen LogP contribution < -0.4 is 10.1 Å². The third-order valence-electron chi connectivity index (χ3n) is 3.78. The number of nitrogens with zero attached hydrogens (tertiary/aromatic N) is 2. The minimum Gasteiger partial charge on any atom is -0.497 e. The minimum atomic E-state index is -0.106. The Bertz CT molecular complexity index is 895. The van der Waals surface area contributed by atoms with E-state index >= 15 is 0 Å². The second kappa shape index (κ2) is 8.49. The van der Waals surface area contributed by atoms with E-state index in [9.17, 15) is 4.79 Å². The fraction of sp³-hybridized carbons (Fsp3) is 0.211. The number of nitrogens with one attached hydrogen (secondary N) is 1. The number of halogens is 1. The Morgan fingerprint density at radius 1 is 1.19 bits per heavy atom. The zero-order valence-corrected chi connectivity index (χ0v) is 15.0. The lowest BCUT2D eigenvalue weighted by molar-refractivity contribution is -0.121. The van der Waals surface area contributed by atoms with Gasteiger partial charge in [-0.15, -0.1) is 10.2 Å². The Balaban J connectivity index is 1.53. The van der Waals surface area contributed by atoms with Gasteiger partial charge in [-0.2, -0.15) is 0 Å². The second-order valence-electron chi connectivity index (χ2n) is 5.60. The molecular weight excluding hydrogens is 354 g/mol. The number of aryl methyl sites for hydroxylation is 1. The summed E-state index contributed by atoms with van der Waals surface area (Å²) in [5, 5.41) is 11.5. The highest BCUT2D eigenvalue weighted by atomic mass is 35.5. The molecule has 1 aromatic heterocycles. The van der Waals surface area contributed by atoms with Crippen molar-refractivity contribution < 1.29 is 13.9 Å². The third kappa shape index (κ3) is 4.61. The molecule has 3 aromatic rings. The van der Waals surface area contributed by atoms with Crippen LogP contribution in [0.1, 0.15) is 17.9 Å². The molecule has 0 radical (unpaired) electrons. The standard InChI is InChI=1S/C19H18ClN3O3/c1-25-15-7-4-6-13(11-15)19-23-22-18(26-19)10-9-17(24)21-12-14-5-2-3-8-16(14)20/h2-8,11H,9-10,12H2,1H3,(H,21,24). The van der Waals surface area contributed by atoms with Crippen molar-refractivity contribution in [3.05, 3.63) is 65.0 Å². The van der Waals surface area contributed by atoms with Crippen molar-refractivity contribution in [2.75, 3.05) is 7.11 Å². The third-order valence-corrected chi connectivity index (χ3v) is 4.15. The molecule has 2 aromatic carbocycles. The molecule has 0 aliphatic rings. The Labute approximate surface area is 156 Å². The summed E-state index contributed by atoms with van der Waals surface area (Å²) in [6.07, 6.45) is 0.621. The SMILES string of the molecule is COc1cccc(-c2nnc(CCC(=O)NCc3ccccc3Cl)o2)c1. The Morgan fingerprint density at radius 2 is 2.04 bits per heavy atom. The van der Waals surface area contributed by atoms with Gasteiger partial charge < -0.3 is 14.5 Å². The van der Waals surface area contributed by atoms with Crippen molar-refractivity contribution in [1.82, 2.24) is 15.5 Å². The topological polar surface area (TPSA) is 77.2 Å². The first-order valence-electron chi connectivity index (χ1n) is 8.12. The summed E-state index contributed by atoms with van der Waals surface area (Å²) in [5.74, 6) is 1.42. The molecule has 0 saturated heterocycles. The van der Waals surface area contributed by atoms with E-state index in [2.05, 4.69) is 15.5 Å². The maximum atomic E-state index is 12.0. The van der Waals surface area contributed by atoms with Gasteiger partial charge in [0.2, 0.25) is 17.7 Å². The number of rotatable bonds is 7. The Kier molecular flexibility index (Phi) is 5.86. The molecule has 1 amide bonds. The van der Waals surface area contributed by atoms with Crippen LogP contribution in [0.4, 0.5) is 0 Å². The fourth-order valence-electron chi connectivity index (χ4n) is 2.37. The van der Waals surface area contributed by atoms with E-state index in [-0.39, 0.29) is 12.3 Å². The largest absolute Gasteiger partial charge is 0.497 e. The lowest BCUT2D eigenvalue weighted by Crippen LogP contribution is -2.23. The lowest BCUT2D eigenvalue weighted by atomic mass is 10.2. The maximum absolute atomic E-state index is 12.0. The van der Waals surface area contributed by atoms with Gasteiger partial charge in [0.25, 0.3) is 0 Å². The molecule has 1 N–H and O–H groups in total. The van der Waals surface area contributed by atoms with Gasteiger partial charge in [-0.25, -0.2) is 0 Å². The van der Waals surface area contributed by atoms with E-state index in [1.165, 1.54) is 0 Å². The molecule has 7 heteroatoms. The molecule has 0 spiro atoms. The predicted octanol–water partition coefficient (Wildman–Crippen LogP) is 3.65. The molecule has 0 saturated carbocycles. The molecular formula is C19H18ClN3O3. The van der Waals surface area contributed by atoms with Crippen LogP contribution >= 0.6 is 11.6 Å². The van der Waals surface area contributed by atoms with Crippen molar-refractivity contribution in [2.45, 2.75) is 19.4 Å². The molecule has 0 unspecified atom stereocenters. The van der Waals surface area contributed by atoms with Gasteiger partial charge in [-0.05, 0) is 29.8 Å². The van der Waals surface area contributed by atoms with Crippen LogP contribution in [-0.4, -0.2) is 23.2 Å². The van der Waals surface area contributed by atoms with Gasteiger partial charge >= 0.3 is 0 Å². The summed E-state index contributed by atoms with van der Waals surface area (Å²) < 4.78 is 10.8. The first-order chi connectivity index (χ1) is 12.7. The number of amides is 1. The smallest absolute Gasteiger partial charge is 0.247 e. The molecule has 6 nitrogen and oxygen atoms in total.